The lowest BCUT2D eigenvalue weighted by Gasteiger charge is -2.10. The quantitative estimate of drug-likeness (QED) is 0.0542. The fraction of sp³-hybridized carbons (Fsp3) is 0.261. The van der Waals surface area contributed by atoms with Gasteiger partial charge in [-0.05, 0) is 122 Å². The topological polar surface area (TPSA) is 71.1 Å². The van der Waals surface area contributed by atoms with Crippen molar-refractivity contribution in [3.8, 4) is 34.8 Å². The summed E-state index contributed by atoms with van der Waals surface area (Å²) in [7, 11) is 0. The first-order valence-electron chi connectivity index (χ1n) is 17.3. The fourth-order valence-electron chi connectivity index (χ4n) is 5.10. The second-order valence-corrected chi connectivity index (χ2v) is 12.5. The highest BCUT2D eigenvalue weighted by Crippen LogP contribution is 2.28. The van der Waals surface area contributed by atoms with E-state index in [0.29, 0.717) is 37.6 Å². The van der Waals surface area contributed by atoms with Crippen molar-refractivity contribution in [2.45, 2.75) is 40.5 Å². The summed E-state index contributed by atoms with van der Waals surface area (Å²) < 4.78 is 21.2. The van der Waals surface area contributed by atoms with Gasteiger partial charge in [-0.1, -0.05) is 73.2 Å². The number of ether oxygens (including phenoxy) is 4. The van der Waals surface area contributed by atoms with Crippen LogP contribution in [-0.4, -0.2) is 51.6 Å². The van der Waals surface area contributed by atoms with Crippen LogP contribution in [0.2, 0.25) is 0 Å². The van der Waals surface area contributed by atoms with Crippen LogP contribution in [0.4, 0.5) is 0 Å². The number of rotatable bonds is 15. The molecule has 0 N–H and O–H groups in total. The second kappa shape index (κ2) is 20.3. The number of esters is 2. The van der Waals surface area contributed by atoms with E-state index in [-0.39, 0.29) is 13.2 Å². The molecule has 0 amide bonds. The van der Waals surface area contributed by atoms with Crippen molar-refractivity contribution in [2.24, 2.45) is 0 Å². The number of hydrogen-bond acceptors (Lipinski definition) is 6. The van der Waals surface area contributed by atoms with E-state index in [2.05, 4.69) is 111 Å². The maximum Gasteiger partial charge on any atom is 0.333 e. The summed E-state index contributed by atoms with van der Waals surface area (Å²) in [5.41, 5.74) is 11.6. The Morgan fingerprint density at radius 2 is 0.846 bits per heavy atom. The van der Waals surface area contributed by atoms with Gasteiger partial charge in [-0.2, -0.15) is 0 Å². The Kier molecular flexibility index (Phi) is 15.2. The van der Waals surface area contributed by atoms with Gasteiger partial charge in [0.2, 0.25) is 0 Å². The smallest absolute Gasteiger partial charge is 0.333 e. The first kappa shape index (κ1) is 39.1. The molecule has 0 radical (unpaired) electrons. The van der Waals surface area contributed by atoms with Crippen LogP contribution in [0.5, 0.6) is 0 Å². The summed E-state index contributed by atoms with van der Waals surface area (Å²) >= 11 is 0. The molecule has 6 heteroatoms. The van der Waals surface area contributed by atoms with Crippen LogP contribution in [0.3, 0.4) is 0 Å². The molecule has 6 nitrogen and oxygen atoms in total. The Morgan fingerprint density at radius 1 is 0.500 bits per heavy atom. The molecular weight excluding hydrogens is 648 g/mol. The molecule has 0 spiro atoms. The van der Waals surface area contributed by atoms with Crippen LogP contribution in [0.25, 0.3) is 11.1 Å². The largest absolute Gasteiger partial charge is 0.460 e. The van der Waals surface area contributed by atoms with E-state index in [0.717, 1.165) is 57.3 Å². The predicted octanol–water partition coefficient (Wildman–Crippen LogP) is 8.13. The van der Waals surface area contributed by atoms with Gasteiger partial charge in [-0.3, -0.25) is 0 Å². The molecule has 266 valence electrons. The standard InChI is InChI=1S/C46H46O6/c1-33(2)45(47)51-29-27-49-25-23-39-11-7-37(8-12-39)15-17-41-19-21-43(35(5)31-41)44-22-20-42(32-36(44)6)18-16-38-9-13-40(14-10-38)24-26-50-28-30-52-46(48)34(3)4/h7-14,19-22,31-32H,1,3,23-30H2,2,4-6H3. The lowest BCUT2D eigenvalue weighted by molar-refractivity contribution is -0.141. The molecule has 0 saturated carbocycles. The molecule has 0 saturated heterocycles. The van der Waals surface area contributed by atoms with Gasteiger partial charge in [0.1, 0.15) is 13.2 Å². The molecule has 0 bridgehead atoms. The minimum absolute atomic E-state index is 0.222. The van der Waals surface area contributed by atoms with E-state index in [1.54, 1.807) is 13.8 Å². The van der Waals surface area contributed by atoms with Gasteiger partial charge in [-0.25, -0.2) is 9.59 Å². The van der Waals surface area contributed by atoms with Gasteiger partial charge >= 0.3 is 11.9 Å². The first-order chi connectivity index (χ1) is 25.1. The number of carbonyl (C=O) groups is 2. The predicted molar refractivity (Wildman–Crippen MR) is 207 cm³/mol. The Morgan fingerprint density at radius 3 is 1.19 bits per heavy atom. The molecule has 52 heavy (non-hydrogen) atoms. The van der Waals surface area contributed by atoms with E-state index < -0.39 is 11.9 Å². The van der Waals surface area contributed by atoms with Gasteiger partial charge in [0, 0.05) is 33.4 Å². The summed E-state index contributed by atoms with van der Waals surface area (Å²) in [6.07, 6.45) is 1.53. The molecule has 0 aromatic heterocycles. The van der Waals surface area contributed by atoms with Crippen LogP contribution in [-0.2, 0) is 41.4 Å². The van der Waals surface area contributed by atoms with Crippen LogP contribution < -0.4 is 0 Å². The van der Waals surface area contributed by atoms with Gasteiger partial charge in [0.25, 0.3) is 0 Å². The number of carbonyl (C=O) groups excluding carboxylic acids is 2. The lowest BCUT2D eigenvalue weighted by Crippen LogP contribution is -2.11. The van der Waals surface area contributed by atoms with E-state index in [4.69, 9.17) is 18.9 Å². The molecule has 4 aromatic rings. The average Bonchev–Trinajstić information content (AvgIpc) is 3.13. The molecule has 4 rings (SSSR count). The molecular formula is C46H46O6. The monoisotopic (exact) mass is 694 g/mol. The molecule has 0 fully saturated rings. The molecule has 0 aliphatic carbocycles. The number of hydrogen-bond donors (Lipinski definition) is 0. The van der Waals surface area contributed by atoms with E-state index in [1.165, 1.54) is 11.1 Å². The van der Waals surface area contributed by atoms with Crippen LogP contribution >= 0.6 is 0 Å². The summed E-state index contributed by atoms with van der Waals surface area (Å²) in [5, 5.41) is 0. The van der Waals surface area contributed by atoms with Crippen molar-refractivity contribution in [1.82, 2.24) is 0 Å². The molecule has 0 aliphatic rings. The van der Waals surface area contributed by atoms with E-state index in [1.807, 2.05) is 24.3 Å². The normalized spacial score (nSPS) is 10.3. The highest BCUT2D eigenvalue weighted by Gasteiger charge is 2.07. The first-order valence-corrected chi connectivity index (χ1v) is 17.3. The Hall–Kier alpha value is -5.66. The van der Waals surface area contributed by atoms with Gasteiger partial charge < -0.3 is 18.9 Å². The highest BCUT2D eigenvalue weighted by molar-refractivity contribution is 5.87. The maximum absolute atomic E-state index is 11.4. The van der Waals surface area contributed by atoms with Crippen molar-refractivity contribution >= 4 is 11.9 Å². The highest BCUT2D eigenvalue weighted by atomic mass is 16.6. The zero-order valence-corrected chi connectivity index (χ0v) is 30.6. The van der Waals surface area contributed by atoms with E-state index >= 15 is 0 Å². The summed E-state index contributed by atoms with van der Waals surface area (Å²) in [6, 6.07) is 29.0. The molecule has 4 aromatic carbocycles. The molecule has 0 atom stereocenters. The molecule has 0 unspecified atom stereocenters. The second-order valence-electron chi connectivity index (χ2n) is 12.5. The Bertz CT molecular complexity index is 1850. The maximum atomic E-state index is 11.4. The zero-order valence-electron chi connectivity index (χ0n) is 30.6. The third kappa shape index (κ3) is 12.9. The number of benzene rings is 4. The lowest BCUT2D eigenvalue weighted by atomic mass is 9.94. The Labute approximate surface area is 308 Å². The van der Waals surface area contributed by atoms with Gasteiger partial charge in [0.15, 0.2) is 0 Å². The third-order valence-corrected chi connectivity index (χ3v) is 8.04. The van der Waals surface area contributed by atoms with Crippen molar-refractivity contribution < 1.29 is 28.5 Å². The summed E-state index contributed by atoms with van der Waals surface area (Å²) in [4.78, 5) is 22.8. The minimum Gasteiger partial charge on any atom is -0.460 e. The summed E-state index contributed by atoms with van der Waals surface area (Å²) in [5.74, 6) is 12.4. The van der Waals surface area contributed by atoms with Crippen molar-refractivity contribution in [2.75, 3.05) is 39.6 Å². The Balaban J connectivity index is 1.25. The van der Waals surface area contributed by atoms with E-state index in [9.17, 15) is 9.59 Å². The number of aryl methyl sites for hydroxylation is 2. The zero-order chi connectivity index (χ0) is 37.3. The minimum atomic E-state index is -0.395. The third-order valence-electron chi connectivity index (χ3n) is 8.04. The van der Waals surface area contributed by atoms with Crippen LogP contribution in [0.1, 0.15) is 58.4 Å². The van der Waals surface area contributed by atoms with Crippen LogP contribution in [0.15, 0.2) is 109 Å². The average molecular weight is 695 g/mol. The van der Waals surface area contributed by atoms with Crippen molar-refractivity contribution in [3.63, 3.8) is 0 Å². The SMILES string of the molecule is C=C(C)C(=O)OCCOCCc1ccc(C#Cc2ccc(-c3ccc(C#Cc4ccc(CCOCCOC(=O)C(=C)C)cc4)cc3C)c(C)c2)cc1. The molecule has 0 heterocycles. The van der Waals surface area contributed by atoms with Crippen molar-refractivity contribution in [1.29, 1.82) is 0 Å². The van der Waals surface area contributed by atoms with Gasteiger partial charge in [-0.15, -0.1) is 0 Å². The molecule has 0 aliphatic heterocycles. The van der Waals surface area contributed by atoms with Gasteiger partial charge in [0.05, 0.1) is 26.4 Å². The van der Waals surface area contributed by atoms with Crippen LogP contribution in [0, 0.1) is 37.5 Å². The summed E-state index contributed by atoms with van der Waals surface area (Å²) in [6.45, 7) is 16.8. The fourth-order valence-corrected chi connectivity index (χ4v) is 5.10. The van der Waals surface area contributed by atoms with Crippen molar-refractivity contribution in [3.05, 3.63) is 154 Å².